The zero-order chi connectivity index (χ0) is 28.9. The molecule has 5 aromatic rings. The fraction of sp³-hybridized carbons (Fsp3) is 0. The molecule has 0 amide bonds. The minimum atomic E-state index is -4.35. The summed E-state index contributed by atoms with van der Waals surface area (Å²) in [5, 5.41) is 2.94. The van der Waals surface area contributed by atoms with Crippen LogP contribution in [0.3, 0.4) is 0 Å². The van der Waals surface area contributed by atoms with E-state index in [0.717, 1.165) is 21.2 Å². The number of carbonyl (C=O) groups excluding carboxylic acids is 1. The predicted octanol–water partition coefficient (Wildman–Crippen LogP) is 7.86. The molecule has 0 bridgehead atoms. The van der Waals surface area contributed by atoms with Crippen molar-refractivity contribution < 1.29 is 22.2 Å². The number of rotatable bonds is 9. The molecular formula is C31H21Cl4O5P. The number of hydrogen-bond acceptors (Lipinski definition) is 5. The molecule has 0 saturated heterocycles. The summed E-state index contributed by atoms with van der Waals surface area (Å²) in [5.41, 5.74) is -0.136. The first-order valence-corrected chi connectivity index (χ1v) is 15.7. The van der Waals surface area contributed by atoms with Crippen molar-refractivity contribution in [2.24, 2.45) is 0 Å². The van der Waals surface area contributed by atoms with E-state index >= 15 is 0 Å². The van der Waals surface area contributed by atoms with Gasteiger partial charge in [-0.15, -0.1) is 0 Å². The summed E-state index contributed by atoms with van der Waals surface area (Å²) in [5.74, 6) is -1.44. The van der Waals surface area contributed by atoms with Crippen molar-refractivity contribution in [3.8, 4) is 17.2 Å². The summed E-state index contributed by atoms with van der Waals surface area (Å²) in [6.07, 6.45) is 0. The molecule has 0 saturated carbocycles. The number of hydrogen-bond donors (Lipinski definition) is 0. The van der Waals surface area contributed by atoms with Crippen LogP contribution in [0.15, 0.2) is 127 Å². The molecule has 5 aromatic carbocycles. The standard InChI is InChI=1S/C31H21Cl4O5P/c32-28-26(21-27(37-33)29(38-34)30(28)39-35)31(36)40-41(22-13-5-1-6-14-22,23-15-7-2-8-16-23,24-17-9-3-10-18-24)25-19-11-4-12-20-25/h1-21H. The van der Waals surface area contributed by atoms with Crippen LogP contribution < -0.4 is 34.1 Å². The Morgan fingerprint density at radius 1 is 0.537 bits per heavy atom. The summed E-state index contributed by atoms with van der Waals surface area (Å²) >= 11 is 23.6. The third kappa shape index (κ3) is 4.68. The van der Waals surface area contributed by atoms with Gasteiger partial charge in [0.1, 0.15) is 0 Å². The van der Waals surface area contributed by atoms with Gasteiger partial charge in [-0.2, -0.15) is 0 Å². The van der Waals surface area contributed by atoms with Gasteiger partial charge < -0.3 is 0 Å². The Morgan fingerprint density at radius 2 is 0.902 bits per heavy atom. The van der Waals surface area contributed by atoms with E-state index in [1.165, 1.54) is 6.07 Å². The first-order chi connectivity index (χ1) is 20.0. The molecule has 0 aliphatic rings. The normalized spacial score (nSPS) is 12.0. The fourth-order valence-electron chi connectivity index (χ4n) is 5.11. The first-order valence-electron chi connectivity index (χ1n) is 12.2. The molecule has 5 rings (SSSR count). The van der Waals surface area contributed by atoms with Gasteiger partial charge in [-0.3, -0.25) is 0 Å². The maximum atomic E-state index is 14.6. The Balaban J connectivity index is 1.94. The number of benzene rings is 5. The van der Waals surface area contributed by atoms with Crippen LogP contribution in [0.1, 0.15) is 10.4 Å². The minimum absolute atomic E-state index is 0.136. The van der Waals surface area contributed by atoms with Gasteiger partial charge in [0.05, 0.1) is 0 Å². The molecule has 0 fully saturated rings. The second kappa shape index (κ2) is 12.2. The van der Waals surface area contributed by atoms with Crippen molar-refractivity contribution >= 4 is 81.2 Å². The van der Waals surface area contributed by atoms with Crippen molar-refractivity contribution in [3.63, 3.8) is 0 Å². The third-order valence-electron chi connectivity index (χ3n) is 6.86. The molecule has 0 radical (unpaired) electrons. The molecule has 41 heavy (non-hydrogen) atoms. The van der Waals surface area contributed by atoms with Crippen LogP contribution in [-0.2, 0) is 4.52 Å². The molecular weight excluding hydrogens is 625 g/mol. The Kier molecular flexibility index (Phi) is 8.65. The Hall–Kier alpha value is -3.44. The molecule has 10 heteroatoms. The summed E-state index contributed by atoms with van der Waals surface area (Å²) in [6.45, 7) is -4.35. The van der Waals surface area contributed by atoms with E-state index < -0.39 is 12.8 Å². The van der Waals surface area contributed by atoms with Gasteiger partial charge in [-0.25, -0.2) is 0 Å². The first kappa shape index (κ1) is 29.1. The molecule has 0 atom stereocenters. The Bertz CT molecular complexity index is 1490. The van der Waals surface area contributed by atoms with Gasteiger partial charge in [-0.1, -0.05) is 0 Å². The van der Waals surface area contributed by atoms with Crippen molar-refractivity contribution in [1.29, 1.82) is 0 Å². The second-order valence-corrected chi connectivity index (χ2v) is 14.0. The number of halogens is 4. The summed E-state index contributed by atoms with van der Waals surface area (Å²) in [7, 11) is 0. The van der Waals surface area contributed by atoms with E-state index in [0.29, 0.717) is 0 Å². The van der Waals surface area contributed by atoms with Crippen molar-refractivity contribution in [1.82, 2.24) is 0 Å². The average molecular weight is 646 g/mol. The topological polar surface area (TPSA) is 54.0 Å². The van der Waals surface area contributed by atoms with Gasteiger partial charge in [0.2, 0.25) is 0 Å². The molecule has 0 aliphatic heterocycles. The molecule has 0 aromatic heterocycles. The van der Waals surface area contributed by atoms with Crippen LogP contribution in [0.25, 0.3) is 0 Å². The monoisotopic (exact) mass is 644 g/mol. The van der Waals surface area contributed by atoms with Gasteiger partial charge in [0.15, 0.2) is 0 Å². The van der Waals surface area contributed by atoms with Gasteiger partial charge >= 0.3 is 259 Å². The zero-order valence-electron chi connectivity index (χ0n) is 21.1. The summed E-state index contributed by atoms with van der Waals surface area (Å²) in [4.78, 5) is 14.6. The summed E-state index contributed by atoms with van der Waals surface area (Å²) in [6, 6.07) is 39.9. The molecule has 0 N–H and O–H groups in total. The summed E-state index contributed by atoms with van der Waals surface area (Å²) < 4.78 is 21.6. The SMILES string of the molecule is O=C(OP(c1ccccc1)(c1ccccc1)(c1ccccc1)c1ccccc1)c1cc(OCl)c(OCl)c(OCl)c1Cl. The van der Waals surface area contributed by atoms with Crippen molar-refractivity contribution in [2.75, 3.05) is 0 Å². The van der Waals surface area contributed by atoms with Crippen LogP contribution >= 0.6 is 54.0 Å². The molecule has 0 heterocycles. The van der Waals surface area contributed by atoms with Crippen LogP contribution in [0.4, 0.5) is 0 Å². The second-order valence-electron chi connectivity index (χ2n) is 8.88. The molecule has 0 spiro atoms. The van der Waals surface area contributed by atoms with Crippen molar-refractivity contribution in [2.45, 2.75) is 0 Å². The number of carbonyl (C=O) groups is 1. The molecule has 208 valence electrons. The van der Waals surface area contributed by atoms with Crippen molar-refractivity contribution in [3.05, 3.63) is 138 Å². The van der Waals surface area contributed by atoms with Crippen LogP contribution in [0.5, 0.6) is 17.2 Å². The Morgan fingerprint density at radius 3 is 1.22 bits per heavy atom. The van der Waals surface area contributed by atoms with Gasteiger partial charge in [0, 0.05) is 0 Å². The molecule has 5 nitrogen and oxygen atoms in total. The van der Waals surface area contributed by atoms with Gasteiger partial charge in [0.25, 0.3) is 0 Å². The van der Waals surface area contributed by atoms with Gasteiger partial charge in [-0.05, 0) is 0 Å². The predicted molar refractivity (Wildman–Crippen MR) is 168 cm³/mol. The third-order valence-corrected chi connectivity index (χ3v) is 13.4. The van der Waals surface area contributed by atoms with E-state index in [1.807, 2.05) is 121 Å². The molecule has 0 aliphatic carbocycles. The van der Waals surface area contributed by atoms with Crippen LogP contribution in [0.2, 0.25) is 5.02 Å². The van der Waals surface area contributed by atoms with E-state index in [1.54, 1.807) is 0 Å². The van der Waals surface area contributed by atoms with E-state index in [2.05, 4.69) is 0 Å². The zero-order valence-corrected chi connectivity index (χ0v) is 25.0. The quantitative estimate of drug-likeness (QED) is 0.153. The average Bonchev–Trinajstić information content (AvgIpc) is 3.05. The van der Waals surface area contributed by atoms with Crippen LogP contribution in [0, 0.1) is 0 Å². The van der Waals surface area contributed by atoms with Crippen LogP contribution in [-0.4, -0.2) is 5.97 Å². The molecule has 0 unspecified atom stereocenters. The van der Waals surface area contributed by atoms with E-state index in [9.17, 15) is 4.79 Å². The Labute approximate surface area is 257 Å². The fourth-order valence-corrected chi connectivity index (χ4v) is 11.4. The van der Waals surface area contributed by atoms with E-state index in [-0.39, 0.29) is 27.8 Å². The maximum absolute atomic E-state index is 14.6. The van der Waals surface area contributed by atoms with E-state index in [4.69, 9.17) is 64.6 Å².